The summed E-state index contributed by atoms with van der Waals surface area (Å²) in [6.45, 7) is 3.88. The number of nitrogens with two attached hydrogens (primary N) is 1. The Morgan fingerprint density at radius 1 is 1.50 bits per heavy atom. The van der Waals surface area contributed by atoms with E-state index in [1.807, 2.05) is 0 Å². The van der Waals surface area contributed by atoms with Crippen molar-refractivity contribution >= 4 is 17.3 Å². The zero-order chi connectivity index (χ0) is 15.3. The Kier molecular flexibility index (Phi) is 5.79. The number of hydrogen-bond acceptors (Lipinski definition) is 5. The lowest BCUT2D eigenvalue weighted by molar-refractivity contribution is -0.120. The number of rotatable bonds is 6. The second-order valence-electron chi connectivity index (χ2n) is 4.91. The zero-order valence-electron chi connectivity index (χ0n) is 12.4. The molecule has 1 aromatic carbocycles. The first-order valence-corrected chi connectivity index (χ1v) is 6.47. The average molecular weight is 281 g/mol. The second-order valence-corrected chi connectivity index (χ2v) is 4.91. The molecule has 0 bridgehead atoms. The highest BCUT2D eigenvalue weighted by molar-refractivity contribution is 5.97. The van der Waals surface area contributed by atoms with E-state index in [1.165, 1.54) is 0 Å². The Morgan fingerprint density at radius 3 is 2.65 bits per heavy atom. The topological polar surface area (TPSA) is 87.8 Å². The van der Waals surface area contributed by atoms with Crippen molar-refractivity contribution in [1.29, 1.82) is 0 Å². The molecule has 0 saturated heterocycles. The minimum atomic E-state index is -0.485. The summed E-state index contributed by atoms with van der Waals surface area (Å²) >= 11 is 0. The maximum atomic E-state index is 12.1. The molecule has 0 radical (unpaired) electrons. The van der Waals surface area contributed by atoms with Crippen LogP contribution in [-0.4, -0.2) is 48.8 Å². The lowest BCUT2D eigenvalue weighted by Crippen LogP contribution is -2.42. The Balaban J connectivity index is 2.70. The van der Waals surface area contributed by atoms with Crippen molar-refractivity contribution in [3.05, 3.63) is 18.2 Å². The highest BCUT2D eigenvalue weighted by atomic mass is 16.5. The van der Waals surface area contributed by atoms with Crippen LogP contribution >= 0.6 is 0 Å². The second kappa shape index (κ2) is 7.12. The van der Waals surface area contributed by atoms with Gasteiger partial charge in [0.2, 0.25) is 5.91 Å². The summed E-state index contributed by atoms with van der Waals surface area (Å²) in [5.74, 6) is 0.463. The molecule has 0 saturated carbocycles. The summed E-state index contributed by atoms with van der Waals surface area (Å²) in [7, 11) is 3.34. The van der Waals surface area contributed by atoms with Crippen LogP contribution in [-0.2, 0) is 4.79 Å². The number of carbonyl (C=O) groups is 1. The molecule has 2 unspecified atom stereocenters. The number of aliphatic hydroxyl groups is 1. The van der Waals surface area contributed by atoms with Gasteiger partial charge in [-0.15, -0.1) is 0 Å². The minimum absolute atomic E-state index is 0.176. The molecule has 1 rings (SSSR count). The predicted octanol–water partition coefficient (Wildman–Crippen LogP) is 0.917. The first kappa shape index (κ1) is 16.3. The number of methoxy groups -OCH3 is 1. The van der Waals surface area contributed by atoms with Crippen LogP contribution in [0.3, 0.4) is 0 Å². The van der Waals surface area contributed by atoms with Crippen molar-refractivity contribution in [2.45, 2.75) is 26.0 Å². The SMILES string of the molecule is COc1ccc(NC(=O)C(C)N(C)CC(C)O)c(N)c1. The number of nitrogens with zero attached hydrogens (tertiary/aromatic N) is 1. The van der Waals surface area contributed by atoms with E-state index in [1.54, 1.807) is 51.1 Å². The van der Waals surface area contributed by atoms with Crippen molar-refractivity contribution in [2.24, 2.45) is 0 Å². The Morgan fingerprint density at radius 2 is 2.15 bits per heavy atom. The van der Waals surface area contributed by atoms with Crippen LogP contribution in [0.5, 0.6) is 5.75 Å². The number of aliphatic hydroxyl groups excluding tert-OH is 1. The lowest BCUT2D eigenvalue weighted by Gasteiger charge is -2.25. The van der Waals surface area contributed by atoms with Crippen LogP contribution in [0, 0.1) is 0 Å². The minimum Gasteiger partial charge on any atom is -0.497 e. The monoisotopic (exact) mass is 281 g/mol. The molecule has 0 fully saturated rings. The number of hydrogen-bond donors (Lipinski definition) is 3. The molecule has 0 heterocycles. The van der Waals surface area contributed by atoms with Crippen molar-refractivity contribution < 1.29 is 14.6 Å². The number of benzene rings is 1. The fourth-order valence-electron chi connectivity index (χ4n) is 1.79. The molecule has 20 heavy (non-hydrogen) atoms. The molecule has 6 nitrogen and oxygen atoms in total. The van der Waals surface area contributed by atoms with Gasteiger partial charge in [-0.1, -0.05) is 0 Å². The van der Waals surface area contributed by atoms with E-state index in [-0.39, 0.29) is 11.9 Å². The van der Waals surface area contributed by atoms with Gasteiger partial charge in [0.1, 0.15) is 5.75 Å². The summed E-state index contributed by atoms with van der Waals surface area (Å²) in [4.78, 5) is 13.9. The molecule has 112 valence electrons. The molecule has 0 aliphatic carbocycles. The van der Waals surface area contributed by atoms with Crippen LogP contribution in [0.25, 0.3) is 0 Å². The van der Waals surface area contributed by atoms with Crippen LogP contribution in [0.15, 0.2) is 18.2 Å². The van der Waals surface area contributed by atoms with Gasteiger partial charge >= 0.3 is 0 Å². The fraction of sp³-hybridized carbons (Fsp3) is 0.500. The summed E-state index contributed by atoms with van der Waals surface area (Å²) < 4.78 is 5.06. The van der Waals surface area contributed by atoms with E-state index >= 15 is 0 Å². The highest BCUT2D eigenvalue weighted by Gasteiger charge is 2.19. The van der Waals surface area contributed by atoms with Gasteiger partial charge in [0.05, 0.1) is 30.6 Å². The quantitative estimate of drug-likeness (QED) is 0.675. The molecular formula is C14H23N3O3. The molecule has 2 atom stereocenters. The van der Waals surface area contributed by atoms with E-state index in [0.29, 0.717) is 23.7 Å². The average Bonchev–Trinajstić information content (AvgIpc) is 2.39. The molecule has 4 N–H and O–H groups in total. The first-order valence-electron chi connectivity index (χ1n) is 6.47. The first-order chi connectivity index (χ1) is 9.35. The lowest BCUT2D eigenvalue weighted by atomic mass is 10.2. The van der Waals surface area contributed by atoms with Gasteiger partial charge in [-0.2, -0.15) is 0 Å². The molecule has 1 amide bonds. The summed E-state index contributed by atoms with van der Waals surface area (Å²) in [6, 6.07) is 4.72. The van der Waals surface area contributed by atoms with Crippen LogP contribution in [0.1, 0.15) is 13.8 Å². The maximum Gasteiger partial charge on any atom is 0.241 e. The molecular weight excluding hydrogens is 258 g/mol. The van der Waals surface area contributed by atoms with Gasteiger partial charge in [-0.25, -0.2) is 0 Å². The predicted molar refractivity (Wildman–Crippen MR) is 79.8 cm³/mol. The van der Waals surface area contributed by atoms with Gasteiger partial charge in [0, 0.05) is 12.6 Å². The van der Waals surface area contributed by atoms with Crippen molar-refractivity contribution in [2.75, 3.05) is 31.8 Å². The Hall–Kier alpha value is -1.79. The van der Waals surface area contributed by atoms with E-state index in [4.69, 9.17) is 10.5 Å². The Bertz CT molecular complexity index is 463. The number of amides is 1. The maximum absolute atomic E-state index is 12.1. The number of nitrogen functional groups attached to an aromatic ring is 1. The van der Waals surface area contributed by atoms with Gasteiger partial charge in [0.15, 0.2) is 0 Å². The van der Waals surface area contributed by atoms with Gasteiger partial charge in [-0.3, -0.25) is 9.69 Å². The van der Waals surface area contributed by atoms with Crippen molar-refractivity contribution in [3.63, 3.8) is 0 Å². The third-order valence-corrected chi connectivity index (χ3v) is 3.11. The third-order valence-electron chi connectivity index (χ3n) is 3.11. The number of anilines is 2. The van der Waals surface area contributed by atoms with Crippen molar-refractivity contribution in [1.82, 2.24) is 4.90 Å². The van der Waals surface area contributed by atoms with E-state index in [9.17, 15) is 9.90 Å². The van der Waals surface area contributed by atoms with Crippen molar-refractivity contribution in [3.8, 4) is 5.75 Å². The van der Waals surface area contributed by atoms with E-state index < -0.39 is 6.10 Å². The smallest absolute Gasteiger partial charge is 0.241 e. The molecule has 0 aliphatic heterocycles. The van der Waals surface area contributed by atoms with Crippen LogP contribution in [0.4, 0.5) is 11.4 Å². The number of ether oxygens (including phenoxy) is 1. The van der Waals surface area contributed by atoms with E-state index in [2.05, 4.69) is 5.32 Å². The molecule has 0 aromatic heterocycles. The summed E-state index contributed by atoms with van der Waals surface area (Å²) in [5, 5.41) is 12.1. The zero-order valence-corrected chi connectivity index (χ0v) is 12.4. The van der Waals surface area contributed by atoms with Gasteiger partial charge < -0.3 is 20.9 Å². The van der Waals surface area contributed by atoms with Crippen LogP contribution < -0.4 is 15.8 Å². The van der Waals surface area contributed by atoms with Gasteiger partial charge in [0.25, 0.3) is 0 Å². The normalized spacial score (nSPS) is 13.9. The van der Waals surface area contributed by atoms with Gasteiger partial charge in [-0.05, 0) is 33.0 Å². The molecule has 1 aromatic rings. The molecule has 6 heteroatoms. The molecule has 0 aliphatic rings. The largest absolute Gasteiger partial charge is 0.497 e. The number of carbonyl (C=O) groups excluding carboxylic acids is 1. The molecule has 0 spiro atoms. The third kappa shape index (κ3) is 4.40. The van der Waals surface area contributed by atoms with E-state index in [0.717, 1.165) is 0 Å². The summed E-state index contributed by atoms with van der Waals surface area (Å²) in [5.41, 5.74) is 6.85. The highest BCUT2D eigenvalue weighted by Crippen LogP contribution is 2.24. The number of nitrogens with one attached hydrogen (secondary N) is 1. The van der Waals surface area contributed by atoms with Crippen LogP contribution in [0.2, 0.25) is 0 Å². The standard InChI is InChI=1S/C14H23N3O3/c1-9(18)8-17(3)10(2)14(19)16-13-6-5-11(20-4)7-12(13)15/h5-7,9-10,18H,8,15H2,1-4H3,(H,16,19). The fourth-order valence-corrected chi connectivity index (χ4v) is 1.79. The summed E-state index contributed by atoms with van der Waals surface area (Å²) in [6.07, 6.45) is -0.485. The number of likely N-dealkylation sites (N-methyl/N-ethyl adjacent to an activating group) is 1. The Labute approximate surface area is 119 Å².